The molecule has 0 aliphatic carbocycles. The molecule has 5 nitrogen and oxygen atoms in total. The quantitative estimate of drug-likeness (QED) is 0.852. The van der Waals surface area contributed by atoms with E-state index in [9.17, 15) is 4.79 Å². The van der Waals surface area contributed by atoms with Crippen LogP contribution >= 0.6 is 12.4 Å². The maximum atomic E-state index is 11.9. The first-order valence-corrected chi connectivity index (χ1v) is 7.10. The SMILES string of the molecule is COc1ccc(CNC(=O)CN2CCCNCC2)cc1.Cl. The van der Waals surface area contributed by atoms with Crippen molar-refractivity contribution in [3.8, 4) is 5.75 Å². The van der Waals surface area contributed by atoms with Gasteiger partial charge in [-0.05, 0) is 37.2 Å². The number of ether oxygens (including phenoxy) is 1. The number of nitrogens with zero attached hydrogens (tertiary/aromatic N) is 1. The van der Waals surface area contributed by atoms with Crippen LogP contribution in [0.15, 0.2) is 24.3 Å². The second-order valence-electron chi connectivity index (χ2n) is 5.00. The number of amides is 1. The summed E-state index contributed by atoms with van der Waals surface area (Å²) in [7, 11) is 1.65. The van der Waals surface area contributed by atoms with Crippen molar-refractivity contribution < 1.29 is 9.53 Å². The molecule has 118 valence electrons. The number of halogens is 1. The number of hydrogen-bond acceptors (Lipinski definition) is 4. The van der Waals surface area contributed by atoms with Crippen molar-refractivity contribution in [1.82, 2.24) is 15.5 Å². The molecule has 1 aromatic carbocycles. The van der Waals surface area contributed by atoms with Gasteiger partial charge in [-0.2, -0.15) is 0 Å². The Bertz CT molecular complexity index is 417. The van der Waals surface area contributed by atoms with E-state index in [2.05, 4.69) is 15.5 Å². The third kappa shape index (κ3) is 6.33. The first kappa shape index (κ1) is 17.8. The normalized spacial score (nSPS) is 15.7. The topological polar surface area (TPSA) is 53.6 Å². The summed E-state index contributed by atoms with van der Waals surface area (Å²) in [5.41, 5.74) is 1.08. The number of methoxy groups -OCH3 is 1. The van der Waals surface area contributed by atoms with Crippen LogP contribution < -0.4 is 15.4 Å². The van der Waals surface area contributed by atoms with Crippen LogP contribution in [0.25, 0.3) is 0 Å². The molecule has 0 radical (unpaired) electrons. The van der Waals surface area contributed by atoms with Gasteiger partial charge in [0.05, 0.1) is 13.7 Å². The highest BCUT2D eigenvalue weighted by molar-refractivity contribution is 5.85. The van der Waals surface area contributed by atoms with Crippen molar-refractivity contribution in [2.24, 2.45) is 0 Å². The largest absolute Gasteiger partial charge is 0.497 e. The molecule has 1 aliphatic rings. The molecule has 0 atom stereocenters. The fourth-order valence-electron chi connectivity index (χ4n) is 2.26. The van der Waals surface area contributed by atoms with Crippen LogP contribution in [0.2, 0.25) is 0 Å². The minimum atomic E-state index is 0. The van der Waals surface area contributed by atoms with Gasteiger partial charge in [0, 0.05) is 19.6 Å². The summed E-state index contributed by atoms with van der Waals surface area (Å²) in [5.74, 6) is 0.917. The molecule has 1 aliphatic heterocycles. The van der Waals surface area contributed by atoms with E-state index in [1.807, 2.05) is 24.3 Å². The van der Waals surface area contributed by atoms with Crippen LogP contribution in [0.3, 0.4) is 0 Å². The number of benzene rings is 1. The standard InChI is InChI=1S/C15H23N3O2.ClH/c1-20-14-5-3-13(4-6-14)11-17-15(19)12-18-9-2-7-16-8-10-18;/h3-6,16H,2,7-12H2,1H3,(H,17,19);1H. The van der Waals surface area contributed by atoms with Crippen LogP contribution in [-0.4, -0.2) is 50.6 Å². The summed E-state index contributed by atoms with van der Waals surface area (Å²) in [6.45, 7) is 4.99. The third-order valence-electron chi connectivity index (χ3n) is 3.45. The smallest absolute Gasteiger partial charge is 0.234 e. The zero-order chi connectivity index (χ0) is 14.2. The number of nitrogens with one attached hydrogen (secondary N) is 2. The van der Waals surface area contributed by atoms with Crippen molar-refractivity contribution in [2.45, 2.75) is 13.0 Å². The minimum absolute atomic E-state index is 0. The van der Waals surface area contributed by atoms with Crippen LogP contribution in [0.5, 0.6) is 5.75 Å². The highest BCUT2D eigenvalue weighted by Gasteiger charge is 2.12. The van der Waals surface area contributed by atoms with Crippen molar-refractivity contribution in [1.29, 1.82) is 0 Å². The predicted octanol–water partition coefficient (Wildman–Crippen LogP) is 1.03. The fourth-order valence-corrected chi connectivity index (χ4v) is 2.26. The Kier molecular flexibility index (Phi) is 8.12. The van der Waals surface area contributed by atoms with Gasteiger partial charge in [-0.15, -0.1) is 12.4 Å². The van der Waals surface area contributed by atoms with Gasteiger partial charge in [-0.3, -0.25) is 9.69 Å². The Labute approximate surface area is 132 Å². The molecule has 0 aromatic heterocycles. The van der Waals surface area contributed by atoms with Crippen molar-refractivity contribution in [2.75, 3.05) is 39.8 Å². The lowest BCUT2D eigenvalue weighted by Crippen LogP contribution is -2.38. The molecule has 1 aromatic rings. The summed E-state index contributed by atoms with van der Waals surface area (Å²) >= 11 is 0. The molecular weight excluding hydrogens is 290 g/mol. The van der Waals surface area contributed by atoms with E-state index < -0.39 is 0 Å². The number of carbonyl (C=O) groups excluding carboxylic acids is 1. The molecule has 2 rings (SSSR count). The molecule has 21 heavy (non-hydrogen) atoms. The maximum absolute atomic E-state index is 11.9. The van der Waals surface area contributed by atoms with Gasteiger partial charge in [0.25, 0.3) is 0 Å². The second-order valence-corrected chi connectivity index (χ2v) is 5.00. The number of rotatable bonds is 5. The summed E-state index contributed by atoms with van der Waals surface area (Å²) in [5, 5.41) is 6.30. The Balaban J connectivity index is 0.00000220. The molecule has 1 fully saturated rings. The zero-order valence-corrected chi connectivity index (χ0v) is 13.2. The highest BCUT2D eigenvalue weighted by atomic mass is 35.5. The van der Waals surface area contributed by atoms with Crippen LogP contribution in [-0.2, 0) is 11.3 Å². The lowest BCUT2D eigenvalue weighted by Gasteiger charge is -2.18. The number of carbonyl (C=O) groups is 1. The molecule has 0 saturated carbocycles. The van der Waals surface area contributed by atoms with E-state index in [4.69, 9.17) is 4.74 Å². The molecule has 0 spiro atoms. The zero-order valence-electron chi connectivity index (χ0n) is 12.4. The van der Waals surface area contributed by atoms with E-state index in [1.54, 1.807) is 7.11 Å². The van der Waals surface area contributed by atoms with E-state index in [0.29, 0.717) is 13.1 Å². The molecule has 0 bridgehead atoms. The van der Waals surface area contributed by atoms with Gasteiger partial charge in [0.15, 0.2) is 0 Å². The molecule has 1 saturated heterocycles. The third-order valence-corrected chi connectivity index (χ3v) is 3.45. The average molecular weight is 314 g/mol. The van der Waals surface area contributed by atoms with Crippen LogP contribution in [0.1, 0.15) is 12.0 Å². The van der Waals surface area contributed by atoms with Crippen molar-refractivity contribution in [3.63, 3.8) is 0 Å². The first-order valence-electron chi connectivity index (χ1n) is 7.10. The first-order chi connectivity index (χ1) is 9.78. The van der Waals surface area contributed by atoms with Gasteiger partial charge < -0.3 is 15.4 Å². The van der Waals surface area contributed by atoms with Gasteiger partial charge in [0.1, 0.15) is 5.75 Å². The fraction of sp³-hybridized carbons (Fsp3) is 0.533. The molecule has 0 unspecified atom stereocenters. The highest BCUT2D eigenvalue weighted by Crippen LogP contribution is 2.10. The van der Waals surface area contributed by atoms with Gasteiger partial charge in [0.2, 0.25) is 5.91 Å². The summed E-state index contributed by atoms with van der Waals surface area (Å²) in [4.78, 5) is 14.1. The molecule has 1 heterocycles. The van der Waals surface area contributed by atoms with Crippen molar-refractivity contribution >= 4 is 18.3 Å². The van der Waals surface area contributed by atoms with E-state index >= 15 is 0 Å². The maximum Gasteiger partial charge on any atom is 0.234 e. The van der Waals surface area contributed by atoms with E-state index in [1.165, 1.54) is 0 Å². The monoisotopic (exact) mass is 313 g/mol. The Hall–Kier alpha value is -1.30. The van der Waals surface area contributed by atoms with Crippen LogP contribution in [0, 0.1) is 0 Å². The van der Waals surface area contributed by atoms with E-state index in [0.717, 1.165) is 43.9 Å². The molecule has 1 amide bonds. The number of hydrogen-bond donors (Lipinski definition) is 2. The lowest BCUT2D eigenvalue weighted by atomic mass is 10.2. The second kappa shape index (κ2) is 9.60. The Morgan fingerprint density at radius 2 is 2.05 bits per heavy atom. The van der Waals surface area contributed by atoms with Gasteiger partial charge >= 0.3 is 0 Å². The van der Waals surface area contributed by atoms with E-state index in [-0.39, 0.29) is 18.3 Å². The summed E-state index contributed by atoms with van der Waals surface area (Å²) in [6, 6.07) is 7.74. The summed E-state index contributed by atoms with van der Waals surface area (Å²) in [6.07, 6.45) is 1.10. The molecule has 2 N–H and O–H groups in total. The Morgan fingerprint density at radius 1 is 1.29 bits per heavy atom. The summed E-state index contributed by atoms with van der Waals surface area (Å²) < 4.78 is 5.11. The van der Waals surface area contributed by atoms with Gasteiger partial charge in [-0.25, -0.2) is 0 Å². The van der Waals surface area contributed by atoms with Crippen LogP contribution in [0.4, 0.5) is 0 Å². The average Bonchev–Trinajstić information content (AvgIpc) is 2.74. The molecule has 6 heteroatoms. The minimum Gasteiger partial charge on any atom is -0.497 e. The molecular formula is C15H24ClN3O2. The lowest BCUT2D eigenvalue weighted by molar-refractivity contribution is -0.122. The van der Waals surface area contributed by atoms with Crippen molar-refractivity contribution in [3.05, 3.63) is 29.8 Å². The van der Waals surface area contributed by atoms with Gasteiger partial charge in [-0.1, -0.05) is 12.1 Å². The predicted molar refractivity (Wildman–Crippen MR) is 86.0 cm³/mol. The Morgan fingerprint density at radius 3 is 2.76 bits per heavy atom.